The van der Waals surface area contributed by atoms with Crippen molar-refractivity contribution in [2.75, 3.05) is 35.8 Å². The van der Waals surface area contributed by atoms with Gasteiger partial charge in [-0.25, -0.2) is 8.42 Å². The minimum atomic E-state index is -3.77. The maximum Gasteiger partial charge on any atom is 0.261 e. The predicted octanol–water partition coefficient (Wildman–Crippen LogP) is 4.44. The predicted molar refractivity (Wildman–Crippen MR) is 125 cm³/mol. The Kier molecular flexibility index (Phi) is 5.46. The van der Waals surface area contributed by atoms with Crippen LogP contribution in [0.15, 0.2) is 88.4 Å². The molecule has 7 nitrogen and oxygen atoms in total. The number of fused-ring (bicyclic) bond motifs is 1. The Morgan fingerprint density at radius 1 is 0.906 bits per heavy atom. The highest BCUT2D eigenvalue weighted by molar-refractivity contribution is 7.92. The first-order valence-electron chi connectivity index (χ1n) is 10.4. The fraction of sp³-hybridized carbons (Fsp3) is 0.167. The van der Waals surface area contributed by atoms with Crippen molar-refractivity contribution in [3.05, 3.63) is 79.1 Å². The van der Waals surface area contributed by atoms with Crippen LogP contribution in [-0.4, -0.2) is 34.6 Å². The maximum atomic E-state index is 13.0. The summed E-state index contributed by atoms with van der Waals surface area (Å²) in [4.78, 5) is 2.37. The Morgan fingerprint density at radius 3 is 2.38 bits per heavy atom. The smallest absolute Gasteiger partial charge is 0.261 e. The van der Waals surface area contributed by atoms with Crippen LogP contribution in [0, 0.1) is 0 Å². The third kappa shape index (κ3) is 4.28. The second kappa shape index (κ2) is 8.57. The van der Waals surface area contributed by atoms with Gasteiger partial charge in [0.05, 0.1) is 22.5 Å². The van der Waals surface area contributed by atoms with Crippen molar-refractivity contribution in [3.63, 3.8) is 0 Å². The van der Waals surface area contributed by atoms with E-state index in [1.165, 1.54) is 12.1 Å². The number of furan rings is 1. The lowest BCUT2D eigenvalue weighted by Gasteiger charge is -2.29. The van der Waals surface area contributed by atoms with E-state index in [-0.39, 0.29) is 4.90 Å². The molecule has 1 aromatic heterocycles. The van der Waals surface area contributed by atoms with Gasteiger partial charge >= 0.3 is 0 Å². The second-order valence-electron chi connectivity index (χ2n) is 7.56. The highest BCUT2D eigenvalue weighted by Gasteiger charge is 2.20. The van der Waals surface area contributed by atoms with Crippen LogP contribution in [0.25, 0.3) is 11.0 Å². The average Bonchev–Trinajstić information content (AvgIpc) is 3.28. The van der Waals surface area contributed by atoms with Gasteiger partial charge in [0.2, 0.25) is 0 Å². The number of ether oxygens (including phenoxy) is 1. The van der Waals surface area contributed by atoms with Crippen molar-refractivity contribution in [2.24, 2.45) is 0 Å². The van der Waals surface area contributed by atoms with Gasteiger partial charge in [-0.3, -0.25) is 4.72 Å². The minimum absolute atomic E-state index is 0.161. The van der Waals surface area contributed by atoms with Gasteiger partial charge in [0.1, 0.15) is 11.5 Å². The lowest BCUT2D eigenvalue weighted by molar-refractivity contribution is 0.482. The van der Waals surface area contributed by atoms with Crippen LogP contribution < -0.4 is 19.7 Å². The van der Waals surface area contributed by atoms with Crippen LogP contribution in [0.1, 0.15) is 0 Å². The molecular formula is C24H23N3O4S. The van der Waals surface area contributed by atoms with Gasteiger partial charge in [-0.15, -0.1) is 0 Å². The minimum Gasteiger partial charge on any atom is -0.462 e. The Hall–Kier alpha value is -3.49. The lowest BCUT2D eigenvalue weighted by atomic mass is 10.2. The van der Waals surface area contributed by atoms with Crippen molar-refractivity contribution < 1.29 is 17.6 Å². The van der Waals surface area contributed by atoms with Gasteiger partial charge in [0.15, 0.2) is 5.58 Å². The van der Waals surface area contributed by atoms with Crippen molar-refractivity contribution in [1.82, 2.24) is 5.32 Å². The Morgan fingerprint density at radius 2 is 1.62 bits per heavy atom. The highest BCUT2D eigenvalue weighted by atomic mass is 32.2. The molecule has 5 rings (SSSR count). The van der Waals surface area contributed by atoms with Crippen molar-refractivity contribution in [3.8, 4) is 11.5 Å². The highest BCUT2D eigenvalue weighted by Crippen LogP contribution is 2.33. The molecule has 3 aromatic carbocycles. The van der Waals surface area contributed by atoms with Gasteiger partial charge in [-0.2, -0.15) is 0 Å². The average molecular weight is 450 g/mol. The lowest BCUT2D eigenvalue weighted by Crippen LogP contribution is -2.43. The summed E-state index contributed by atoms with van der Waals surface area (Å²) in [7, 11) is -3.77. The fourth-order valence-electron chi connectivity index (χ4n) is 3.79. The summed E-state index contributed by atoms with van der Waals surface area (Å²) >= 11 is 0. The van der Waals surface area contributed by atoms with Crippen LogP contribution in [0.3, 0.4) is 0 Å². The van der Waals surface area contributed by atoms with E-state index in [0.717, 1.165) is 42.8 Å². The summed E-state index contributed by atoms with van der Waals surface area (Å²) in [6, 6.07) is 21.2. The fourth-order valence-corrected chi connectivity index (χ4v) is 4.83. The Labute approximate surface area is 186 Å². The number of para-hydroxylation sites is 1. The molecule has 2 heterocycles. The van der Waals surface area contributed by atoms with Crippen molar-refractivity contribution >= 4 is 32.4 Å². The van der Waals surface area contributed by atoms with Gasteiger partial charge in [-0.1, -0.05) is 18.2 Å². The van der Waals surface area contributed by atoms with Gasteiger partial charge in [0.25, 0.3) is 10.0 Å². The molecule has 0 saturated carbocycles. The molecule has 1 saturated heterocycles. The molecular weight excluding hydrogens is 426 g/mol. The van der Waals surface area contributed by atoms with E-state index in [1.54, 1.807) is 24.5 Å². The molecule has 1 aliphatic heterocycles. The summed E-state index contributed by atoms with van der Waals surface area (Å²) in [5.74, 6) is 1.26. The van der Waals surface area contributed by atoms with Crippen LogP contribution in [0.2, 0.25) is 0 Å². The molecule has 32 heavy (non-hydrogen) atoms. The first kappa shape index (κ1) is 20.4. The number of nitrogens with one attached hydrogen (secondary N) is 2. The molecule has 1 fully saturated rings. The monoisotopic (exact) mass is 449 g/mol. The molecule has 0 amide bonds. The molecule has 0 aliphatic carbocycles. The first-order valence-corrected chi connectivity index (χ1v) is 11.9. The SMILES string of the molecule is O=S(=O)(Nc1cc(N2CCNCC2)c2occc2c1)c1ccc(Oc2ccccc2)cc1. The summed E-state index contributed by atoms with van der Waals surface area (Å²) in [6.45, 7) is 3.40. The number of benzene rings is 3. The topological polar surface area (TPSA) is 83.8 Å². The zero-order valence-electron chi connectivity index (χ0n) is 17.3. The number of sulfonamides is 1. The largest absolute Gasteiger partial charge is 0.462 e. The van der Waals surface area contributed by atoms with Crippen LogP contribution in [0.5, 0.6) is 11.5 Å². The number of nitrogens with zero attached hydrogens (tertiary/aromatic N) is 1. The van der Waals surface area contributed by atoms with E-state index in [2.05, 4.69) is 14.9 Å². The van der Waals surface area contributed by atoms with Crippen molar-refractivity contribution in [2.45, 2.75) is 4.90 Å². The number of anilines is 2. The molecule has 164 valence electrons. The number of piperazine rings is 1. The van der Waals surface area contributed by atoms with Gasteiger partial charge in [-0.05, 0) is 54.6 Å². The second-order valence-corrected chi connectivity index (χ2v) is 9.25. The number of rotatable bonds is 6. The molecule has 4 aromatic rings. The molecule has 0 radical (unpaired) electrons. The van der Waals surface area contributed by atoms with E-state index in [1.807, 2.05) is 42.5 Å². The first-order chi connectivity index (χ1) is 15.6. The van der Waals surface area contributed by atoms with Crippen LogP contribution in [0.4, 0.5) is 11.4 Å². The molecule has 2 N–H and O–H groups in total. The zero-order chi connectivity index (χ0) is 22.0. The van der Waals surface area contributed by atoms with E-state index in [9.17, 15) is 8.42 Å². The standard InChI is InChI=1S/C24H23N3O4S/c28-32(29,22-8-6-21(7-9-22)31-20-4-2-1-3-5-20)26-19-16-18-10-15-30-24(18)23(17-19)27-13-11-25-12-14-27/h1-10,15-17,25-26H,11-14H2. The van der Waals surface area contributed by atoms with Gasteiger partial charge in [0, 0.05) is 31.6 Å². The van der Waals surface area contributed by atoms with Gasteiger partial charge < -0.3 is 19.4 Å². The van der Waals surface area contributed by atoms with E-state index < -0.39 is 10.0 Å². The third-order valence-corrected chi connectivity index (χ3v) is 6.75. The molecule has 1 aliphatic rings. The number of hydrogen-bond acceptors (Lipinski definition) is 6. The quantitative estimate of drug-likeness (QED) is 0.453. The number of hydrogen-bond donors (Lipinski definition) is 2. The molecule has 0 spiro atoms. The van der Waals surface area contributed by atoms with Crippen molar-refractivity contribution in [1.29, 1.82) is 0 Å². The third-order valence-electron chi connectivity index (χ3n) is 5.35. The van der Waals surface area contributed by atoms with E-state index in [0.29, 0.717) is 17.2 Å². The summed E-state index contributed by atoms with van der Waals surface area (Å²) < 4.78 is 40.2. The maximum absolute atomic E-state index is 13.0. The summed E-state index contributed by atoms with van der Waals surface area (Å²) in [6.07, 6.45) is 1.63. The molecule has 0 bridgehead atoms. The Bertz CT molecular complexity index is 1310. The molecule has 0 atom stereocenters. The summed E-state index contributed by atoms with van der Waals surface area (Å²) in [5, 5.41) is 4.18. The normalized spacial score (nSPS) is 14.4. The van der Waals surface area contributed by atoms with Crippen LogP contribution >= 0.6 is 0 Å². The molecule has 0 unspecified atom stereocenters. The molecule has 8 heteroatoms. The van der Waals surface area contributed by atoms with Crippen LogP contribution in [-0.2, 0) is 10.0 Å². The van der Waals surface area contributed by atoms with E-state index in [4.69, 9.17) is 9.15 Å². The summed E-state index contributed by atoms with van der Waals surface area (Å²) in [5.41, 5.74) is 2.15. The van der Waals surface area contributed by atoms with E-state index >= 15 is 0 Å². The Balaban J connectivity index is 1.39. The zero-order valence-corrected chi connectivity index (χ0v) is 18.1.